The molecule has 1 aromatic carbocycles. The van der Waals surface area contributed by atoms with Gasteiger partial charge in [-0.05, 0) is 31.0 Å². The third kappa shape index (κ3) is 13.0. The van der Waals surface area contributed by atoms with Crippen LogP contribution in [0.5, 0.6) is 5.75 Å². The lowest BCUT2D eigenvalue weighted by Crippen LogP contribution is -2.27. The number of carbonyl (C=O) groups excluding carboxylic acids is 2. The van der Waals surface area contributed by atoms with E-state index in [1.165, 1.54) is 70.6 Å². The summed E-state index contributed by atoms with van der Waals surface area (Å²) in [7, 11) is 3.39. The third-order valence-electron chi connectivity index (χ3n) is 6.42. The molecule has 34 heavy (non-hydrogen) atoms. The summed E-state index contributed by atoms with van der Waals surface area (Å²) in [5.74, 6) is 0.514. The third-order valence-corrected chi connectivity index (χ3v) is 6.42. The van der Waals surface area contributed by atoms with Crippen LogP contribution in [0.3, 0.4) is 0 Å². The molecule has 194 valence electrons. The maximum atomic E-state index is 12.7. The van der Waals surface area contributed by atoms with Crippen LogP contribution in [-0.2, 0) is 4.79 Å². The molecule has 0 aromatic heterocycles. The minimum absolute atomic E-state index is 0.0229. The van der Waals surface area contributed by atoms with E-state index in [9.17, 15) is 9.59 Å². The van der Waals surface area contributed by atoms with Gasteiger partial charge in [-0.25, -0.2) is 0 Å². The van der Waals surface area contributed by atoms with Crippen molar-refractivity contribution in [1.29, 1.82) is 0 Å². The van der Waals surface area contributed by atoms with E-state index in [1.807, 2.05) is 7.05 Å². The summed E-state index contributed by atoms with van der Waals surface area (Å²) in [5, 5.41) is 2.95. The molecule has 0 unspecified atom stereocenters. The Hall–Kier alpha value is -2.04. The summed E-state index contributed by atoms with van der Waals surface area (Å²) in [6.07, 6.45) is 19.3. The number of hydrogen-bond acceptors (Lipinski definition) is 3. The van der Waals surface area contributed by atoms with Gasteiger partial charge in [-0.2, -0.15) is 0 Å². The fraction of sp³-hybridized carbons (Fsp3) is 0.724. The number of nitrogens with zero attached hydrogens (tertiary/aromatic N) is 1. The number of carbonyl (C=O) groups is 2. The molecule has 0 aliphatic carbocycles. The van der Waals surface area contributed by atoms with E-state index in [2.05, 4.69) is 19.2 Å². The topological polar surface area (TPSA) is 58.6 Å². The maximum absolute atomic E-state index is 12.7. The molecule has 0 bridgehead atoms. The van der Waals surface area contributed by atoms with Crippen molar-refractivity contribution in [2.24, 2.45) is 0 Å². The molecule has 5 nitrogen and oxygen atoms in total. The van der Waals surface area contributed by atoms with Crippen LogP contribution in [0, 0.1) is 0 Å². The molecule has 0 aliphatic rings. The fourth-order valence-corrected chi connectivity index (χ4v) is 4.17. The highest BCUT2D eigenvalue weighted by Gasteiger charge is 2.15. The number of methoxy groups -OCH3 is 1. The lowest BCUT2D eigenvalue weighted by atomic mass is 10.0. The predicted molar refractivity (Wildman–Crippen MR) is 144 cm³/mol. The van der Waals surface area contributed by atoms with Crippen molar-refractivity contribution in [1.82, 2.24) is 4.90 Å². The summed E-state index contributed by atoms with van der Waals surface area (Å²) in [5.41, 5.74) is 1.13. The molecule has 0 fully saturated rings. The largest absolute Gasteiger partial charge is 0.495 e. The van der Waals surface area contributed by atoms with Gasteiger partial charge >= 0.3 is 0 Å². The quantitative estimate of drug-likeness (QED) is 0.195. The van der Waals surface area contributed by atoms with Gasteiger partial charge in [-0.1, -0.05) is 97.3 Å². The van der Waals surface area contributed by atoms with Crippen LogP contribution >= 0.6 is 0 Å². The molecular weight excluding hydrogens is 424 g/mol. The van der Waals surface area contributed by atoms with Crippen molar-refractivity contribution in [3.05, 3.63) is 23.8 Å². The monoisotopic (exact) mass is 474 g/mol. The van der Waals surface area contributed by atoms with Crippen molar-refractivity contribution >= 4 is 17.5 Å². The number of ether oxygens (including phenoxy) is 1. The highest BCUT2D eigenvalue weighted by molar-refractivity contribution is 5.98. The number of benzene rings is 1. The van der Waals surface area contributed by atoms with Crippen LogP contribution < -0.4 is 10.1 Å². The van der Waals surface area contributed by atoms with E-state index in [0.29, 0.717) is 23.4 Å². The Balaban J connectivity index is 2.27. The van der Waals surface area contributed by atoms with E-state index >= 15 is 0 Å². The predicted octanol–water partition coefficient (Wildman–Crippen LogP) is 7.99. The molecule has 1 N–H and O–H groups in total. The fourth-order valence-electron chi connectivity index (χ4n) is 4.17. The molecule has 0 aliphatic heterocycles. The van der Waals surface area contributed by atoms with Crippen LogP contribution in [-0.4, -0.2) is 37.4 Å². The van der Waals surface area contributed by atoms with Crippen LogP contribution in [0.15, 0.2) is 18.2 Å². The molecule has 1 rings (SSSR count). The summed E-state index contributed by atoms with van der Waals surface area (Å²) in [6, 6.07) is 5.23. The average molecular weight is 475 g/mol. The van der Waals surface area contributed by atoms with Gasteiger partial charge in [0.1, 0.15) is 5.75 Å². The van der Waals surface area contributed by atoms with Gasteiger partial charge in [0.15, 0.2) is 0 Å². The Bertz CT molecular complexity index is 690. The molecule has 0 radical (unpaired) electrons. The highest BCUT2D eigenvalue weighted by Crippen LogP contribution is 2.26. The van der Waals surface area contributed by atoms with Crippen molar-refractivity contribution in [3.8, 4) is 5.75 Å². The highest BCUT2D eigenvalue weighted by atomic mass is 16.5. The number of nitrogens with one attached hydrogen (secondary N) is 1. The number of anilines is 1. The van der Waals surface area contributed by atoms with Gasteiger partial charge in [0.2, 0.25) is 5.91 Å². The van der Waals surface area contributed by atoms with Crippen molar-refractivity contribution in [2.75, 3.05) is 26.0 Å². The Morgan fingerprint density at radius 2 is 1.32 bits per heavy atom. The smallest absolute Gasteiger partial charge is 0.253 e. The van der Waals surface area contributed by atoms with Crippen LogP contribution in [0.25, 0.3) is 0 Å². The van der Waals surface area contributed by atoms with E-state index in [4.69, 9.17) is 4.74 Å². The van der Waals surface area contributed by atoms with Gasteiger partial charge in [0, 0.05) is 25.6 Å². The van der Waals surface area contributed by atoms with Gasteiger partial charge in [0.25, 0.3) is 5.91 Å². The Morgan fingerprint density at radius 1 is 0.794 bits per heavy atom. The number of amides is 2. The van der Waals surface area contributed by atoms with Crippen molar-refractivity contribution < 1.29 is 14.3 Å². The molecule has 0 spiro atoms. The van der Waals surface area contributed by atoms with E-state index < -0.39 is 0 Å². The second-order valence-corrected chi connectivity index (χ2v) is 9.54. The summed E-state index contributed by atoms with van der Waals surface area (Å²) >= 11 is 0. The Labute approximate surface area is 209 Å². The first kappa shape index (κ1) is 30.0. The summed E-state index contributed by atoms with van der Waals surface area (Å²) in [6.45, 7) is 5.10. The average Bonchev–Trinajstić information content (AvgIpc) is 2.84. The molecule has 0 heterocycles. The second kappa shape index (κ2) is 19.3. The first-order valence-electron chi connectivity index (χ1n) is 13.8. The molecular formula is C29H50N2O3. The SMILES string of the molecule is CCCCCCCCCCCCCCCC(=O)Nc1cc(C(=O)N(C)CCCC)ccc1OC. The number of unbranched alkanes of at least 4 members (excludes halogenated alkanes) is 13. The van der Waals surface area contributed by atoms with Gasteiger partial charge in [-0.15, -0.1) is 0 Å². The van der Waals surface area contributed by atoms with Crippen molar-refractivity contribution in [3.63, 3.8) is 0 Å². The van der Waals surface area contributed by atoms with Crippen LogP contribution in [0.4, 0.5) is 5.69 Å². The summed E-state index contributed by atoms with van der Waals surface area (Å²) in [4.78, 5) is 26.9. The first-order chi connectivity index (χ1) is 16.5. The lowest BCUT2D eigenvalue weighted by molar-refractivity contribution is -0.116. The second-order valence-electron chi connectivity index (χ2n) is 9.54. The molecule has 0 atom stereocenters. The zero-order chi connectivity index (χ0) is 25.0. The normalized spacial score (nSPS) is 10.8. The molecule has 5 heteroatoms. The van der Waals surface area contributed by atoms with E-state index in [0.717, 1.165) is 32.2 Å². The standard InChI is InChI=1S/C29H50N2O3/c1-5-7-9-10-11-12-13-14-15-16-17-18-19-20-28(32)30-26-24-25(21-22-27(26)34-4)29(33)31(3)23-8-6-2/h21-22,24H,5-20,23H2,1-4H3,(H,30,32). The number of hydrogen-bond donors (Lipinski definition) is 1. The first-order valence-corrected chi connectivity index (χ1v) is 13.8. The lowest BCUT2D eigenvalue weighted by Gasteiger charge is -2.18. The molecule has 0 saturated heterocycles. The maximum Gasteiger partial charge on any atom is 0.253 e. The van der Waals surface area contributed by atoms with E-state index in [1.54, 1.807) is 30.2 Å². The minimum Gasteiger partial charge on any atom is -0.495 e. The molecule has 2 amide bonds. The Morgan fingerprint density at radius 3 is 1.85 bits per heavy atom. The summed E-state index contributed by atoms with van der Waals surface area (Å²) < 4.78 is 5.39. The van der Waals surface area contributed by atoms with Gasteiger partial charge < -0.3 is 15.0 Å². The van der Waals surface area contributed by atoms with Crippen molar-refractivity contribution in [2.45, 2.75) is 117 Å². The number of rotatable bonds is 20. The van der Waals surface area contributed by atoms with Crippen LogP contribution in [0.1, 0.15) is 127 Å². The van der Waals surface area contributed by atoms with E-state index in [-0.39, 0.29) is 11.8 Å². The zero-order valence-corrected chi connectivity index (χ0v) is 22.4. The Kier molecular flexibility index (Phi) is 17.0. The van der Waals surface area contributed by atoms with Crippen LogP contribution in [0.2, 0.25) is 0 Å². The molecule has 1 aromatic rings. The minimum atomic E-state index is -0.0388. The van der Waals surface area contributed by atoms with Gasteiger partial charge in [0.05, 0.1) is 12.8 Å². The molecule has 0 saturated carbocycles. The van der Waals surface area contributed by atoms with Gasteiger partial charge in [-0.3, -0.25) is 9.59 Å². The zero-order valence-electron chi connectivity index (χ0n) is 22.4.